The average Bonchev–Trinajstić information content (AvgIpc) is 2.46. The Balaban J connectivity index is 3.14. The van der Waals surface area contributed by atoms with Crippen molar-refractivity contribution in [2.45, 2.75) is 26.1 Å². The Bertz CT molecular complexity index is 517. The predicted molar refractivity (Wildman–Crippen MR) is 71.9 cm³/mol. The number of hydrogen-bond donors (Lipinski definition) is 2. The molecule has 0 aromatic heterocycles. The number of nitro benzene ring substituents is 1. The Kier molecular flexibility index (Phi) is 6.07. The first kappa shape index (κ1) is 16.9. The molecule has 0 heterocycles. The third-order valence-corrected chi connectivity index (χ3v) is 2.65. The SMILES string of the molecule is CCOC(=O)C(O)C(O)c1cc([N+](=O)[O-])ccc1OCC. The van der Waals surface area contributed by atoms with Crippen LogP contribution in [0.1, 0.15) is 25.5 Å². The van der Waals surface area contributed by atoms with Crippen molar-refractivity contribution in [2.24, 2.45) is 0 Å². The van der Waals surface area contributed by atoms with Crippen LogP contribution in [0, 0.1) is 10.1 Å². The molecule has 0 bridgehead atoms. The Hall–Kier alpha value is -2.19. The molecule has 21 heavy (non-hydrogen) atoms. The van der Waals surface area contributed by atoms with Gasteiger partial charge in [0.15, 0.2) is 6.10 Å². The third-order valence-electron chi connectivity index (χ3n) is 2.65. The summed E-state index contributed by atoms with van der Waals surface area (Å²) in [5.74, 6) is -0.863. The van der Waals surface area contributed by atoms with E-state index in [0.29, 0.717) is 0 Å². The van der Waals surface area contributed by atoms with Gasteiger partial charge in [-0.15, -0.1) is 0 Å². The van der Waals surface area contributed by atoms with Gasteiger partial charge in [0.2, 0.25) is 0 Å². The molecule has 0 aliphatic rings. The Labute approximate surface area is 121 Å². The van der Waals surface area contributed by atoms with Crippen molar-refractivity contribution in [3.63, 3.8) is 0 Å². The fourth-order valence-corrected chi connectivity index (χ4v) is 1.69. The Morgan fingerprint density at radius 2 is 2.00 bits per heavy atom. The number of non-ortho nitro benzene ring substituents is 1. The maximum absolute atomic E-state index is 11.4. The minimum Gasteiger partial charge on any atom is -0.493 e. The van der Waals surface area contributed by atoms with Crippen LogP contribution in [0.25, 0.3) is 0 Å². The highest BCUT2D eigenvalue weighted by Crippen LogP contribution is 2.31. The van der Waals surface area contributed by atoms with E-state index in [-0.39, 0.29) is 30.2 Å². The van der Waals surface area contributed by atoms with E-state index in [0.717, 1.165) is 6.07 Å². The summed E-state index contributed by atoms with van der Waals surface area (Å²) in [7, 11) is 0. The lowest BCUT2D eigenvalue weighted by Gasteiger charge is -2.19. The van der Waals surface area contributed by atoms with E-state index in [1.165, 1.54) is 12.1 Å². The molecule has 0 aliphatic heterocycles. The van der Waals surface area contributed by atoms with Crippen molar-refractivity contribution >= 4 is 11.7 Å². The maximum atomic E-state index is 11.4. The summed E-state index contributed by atoms with van der Waals surface area (Å²) in [5.41, 5.74) is -0.338. The number of nitro groups is 1. The van der Waals surface area contributed by atoms with E-state index in [9.17, 15) is 25.1 Å². The summed E-state index contributed by atoms with van der Waals surface area (Å²) in [4.78, 5) is 21.6. The number of ether oxygens (including phenoxy) is 2. The molecule has 0 saturated carbocycles. The zero-order chi connectivity index (χ0) is 16.0. The van der Waals surface area contributed by atoms with Crippen molar-refractivity contribution in [3.8, 4) is 5.75 Å². The first-order valence-corrected chi connectivity index (χ1v) is 6.36. The second-order valence-electron chi connectivity index (χ2n) is 4.05. The summed E-state index contributed by atoms with van der Waals surface area (Å²) < 4.78 is 9.84. The zero-order valence-electron chi connectivity index (χ0n) is 11.7. The van der Waals surface area contributed by atoms with E-state index >= 15 is 0 Å². The molecule has 1 rings (SSSR count). The molecular formula is C13H17NO7. The molecule has 1 aromatic carbocycles. The fraction of sp³-hybridized carbons (Fsp3) is 0.462. The normalized spacial score (nSPS) is 13.3. The smallest absolute Gasteiger partial charge is 0.338 e. The van der Waals surface area contributed by atoms with Gasteiger partial charge in [-0.05, 0) is 19.9 Å². The number of carbonyl (C=O) groups is 1. The lowest BCUT2D eigenvalue weighted by Crippen LogP contribution is -2.30. The number of hydrogen-bond acceptors (Lipinski definition) is 7. The molecule has 0 radical (unpaired) electrons. The molecule has 2 atom stereocenters. The fourth-order valence-electron chi connectivity index (χ4n) is 1.69. The number of esters is 1. The highest BCUT2D eigenvalue weighted by molar-refractivity contribution is 5.75. The zero-order valence-corrected chi connectivity index (χ0v) is 11.7. The number of nitrogens with zero attached hydrogens (tertiary/aromatic N) is 1. The highest BCUT2D eigenvalue weighted by atomic mass is 16.6. The van der Waals surface area contributed by atoms with Gasteiger partial charge in [0, 0.05) is 17.7 Å². The maximum Gasteiger partial charge on any atom is 0.338 e. The molecule has 0 aliphatic carbocycles. The van der Waals surface area contributed by atoms with E-state index in [4.69, 9.17) is 4.74 Å². The van der Waals surface area contributed by atoms with Gasteiger partial charge in [-0.25, -0.2) is 4.79 Å². The lowest BCUT2D eigenvalue weighted by atomic mass is 10.0. The van der Waals surface area contributed by atoms with Crippen molar-refractivity contribution in [1.82, 2.24) is 0 Å². The molecule has 8 heteroatoms. The lowest BCUT2D eigenvalue weighted by molar-refractivity contribution is -0.385. The van der Waals surface area contributed by atoms with Gasteiger partial charge in [-0.3, -0.25) is 10.1 Å². The Morgan fingerprint density at radius 1 is 1.33 bits per heavy atom. The molecular weight excluding hydrogens is 282 g/mol. The molecule has 0 fully saturated rings. The van der Waals surface area contributed by atoms with E-state index in [2.05, 4.69) is 4.74 Å². The number of benzene rings is 1. The molecule has 8 nitrogen and oxygen atoms in total. The van der Waals surface area contributed by atoms with Crippen molar-refractivity contribution in [2.75, 3.05) is 13.2 Å². The van der Waals surface area contributed by atoms with E-state index in [1.54, 1.807) is 13.8 Å². The van der Waals surface area contributed by atoms with Crippen LogP contribution in [0.15, 0.2) is 18.2 Å². The molecule has 2 unspecified atom stereocenters. The second kappa shape index (κ2) is 7.55. The van der Waals surface area contributed by atoms with Crippen LogP contribution in [-0.2, 0) is 9.53 Å². The molecule has 116 valence electrons. The number of aliphatic hydroxyl groups excluding tert-OH is 2. The molecule has 0 saturated heterocycles. The van der Waals surface area contributed by atoms with E-state index in [1.807, 2.05) is 0 Å². The second-order valence-corrected chi connectivity index (χ2v) is 4.05. The van der Waals surface area contributed by atoms with Crippen LogP contribution >= 0.6 is 0 Å². The predicted octanol–water partition coefficient (Wildman–Crippen LogP) is 0.951. The van der Waals surface area contributed by atoms with Crippen LogP contribution in [0.4, 0.5) is 5.69 Å². The monoisotopic (exact) mass is 299 g/mol. The molecule has 0 spiro atoms. The van der Waals surface area contributed by atoms with E-state index < -0.39 is 23.1 Å². The average molecular weight is 299 g/mol. The van der Waals surface area contributed by atoms with Crippen LogP contribution in [0.3, 0.4) is 0 Å². The Morgan fingerprint density at radius 3 is 2.52 bits per heavy atom. The number of carbonyl (C=O) groups excluding carboxylic acids is 1. The first-order valence-electron chi connectivity index (χ1n) is 6.36. The van der Waals surface area contributed by atoms with Gasteiger partial charge >= 0.3 is 5.97 Å². The standard InChI is InChI=1S/C13H17NO7/c1-3-20-10-6-5-8(14(18)19)7-9(10)11(15)12(16)13(17)21-4-2/h5-7,11-12,15-16H,3-4H2,1-2H3. The summed E-state index contributed by atoms with van der Waals surface area (Å²) in [6, 6.07) is 3.56. The van der Waals surface area contributed by atoms with Crippen molar-refractivity contribution < 1.29 is 29.4 Å². The number of aliphatic hydroxyl groups is 2. The van der Waals surface area contributed by atoms with Crippen molar-refractivity contribution in [3.05, 3.63) is 33.9 Å². The molecule has 0 amide bonds. The largest absolute Gasteiger partial charge is 0.493 e. The van der Waals surface area contributed by atoms with Crippen LogP contribution in [-0.4, -0.2) is 40.4 Å². The number of rotatable bonds is 7. The van der Waals surface area contributed by atoms with Crippen LogP contribution in [0.2, 0.25) is 0 Å². The van der Waals surface area contributed by atoms with Crippen molar-refractivity contribution in [1.29, 1.82) is 0 Å². The quantitative estimate of drug-likeness (QED) is 0.437. The van der Waals surface area contributed by atoms with Gasteiger partial charge in [-0.1, -0.05) is 0 Å². The first-order chi connectivity index (χ1) is 9.92. The third kappa shape index (κ3) is 4.14. The summed E-state index contributed by atoms with van der Waals surface area (Å²) in [6.07, 6.45) is -3.54. The topological polar surface area (TPSA) is 119 Å². The minimum absolute atomic E-state index is 0.0376. The minimum atomic E-state index is -1.86. The van der Waals surface area contributed by atoms with Gasteiger partial charge in [0.25, 0.3) is 5.69 Å². The van der Waals surface area contributed by atoms with Crippen LogP contribution < -0.4 is 4.74 Å². The summed E-state index contributed by atoms with van der Waals surface area (Å²) >= 11 is 0. The molecule has 2 N–H and O–H groups in total. The summed E-state index contributed by atoms with van der Waals surface area (Å²) in [6.45, 7) is 3.54. The van der Waals surface area contributed by atoms with Gasteiger partial charge in [0.05, 0.1) is 18.1 Å². The molecule has 1 aromatic rings. The highest BCUT2D eigenvalue weighted by Gasteiger charge is 2.30. The summed E-state index contributed by atoms with van der Waals surface area (Å²) in [5, 5.41) is 30.6. The van der Waals surface area contributed by atoms with Gasteiger partial charge < -0.3 is 19.7 Å². The van der Waals surface area contributed by atoms with Gasteiger partial charge in [-0.2, -0.15) is 0 Å². The van der Waals surface area contributed by atoms with Crippen LogP contribution in [0.5, 0.6) is 5.75 Å². The van der Waals surface area contributed by atoms with Gasteiger partial charge in [0.1, 0.15) is 11.9 Å².